The summed E-state index contributed by atoms with van der Waals surface area (Å²) in [6, 6.07) is 18.0. The zero-order valence-corrected chi connectivity index (χ0v) is 19.7. The number of rotatable bonds is 10. The lowest BCUT2D eigenvalue weighted by Gasteiger charge is -2.17. The Hall–Kier alpha value is -3.29. The van der Waals surface area contributed by atoms with Gasteiger partial charge in [0.1, 0.15) is 11.5 Å². The Labute approximate surface area is 198 Å². The third kappa shape index (κ3) is 6.84. The predicted octanol–water partition coefficient (Wildman–Crippen LogP) is 4.57. The second-order valence-electron chi connectivity index (χ2n) is 7.86. The first-order valence-electron chi connectivity index (χ1n) is 10.5. The van der Waals surface area contributed by atoms with Gasteiger partial charge in [0.25, 0.3) is 0 Å². The molecule has 172 valence electrons. The quantitative estimate of drug-likeness (QED) is 0.205. The van der Waals surface area contributed by atoms with Crippen molar-refractivity contribution in [3.63, 3.8) is 0 Å². The van der Waals surface area contributed by atoms with E-state index in [0.717, 1.165) is 23.2 Å². The molecule has 0 aliphatic rings. The number of hydrogen-bond acceptors (Lipinski definition) is 5. The highest BCUT2D eigenvalue weighted by atomic mass is 35.5. The van der Waals surface area contributed by atoms with Crippen molar-refractivity contribution in [2.45, 2.75) is 13.5 Å². The summed E-state index contributed by atoms with van der Waals surface area (Å²) < 4.78 is 15.2. The number of hydrogen-bond donors (Lipinski definition) is 1. The number of likely N-dealkylation sites (N-methyl/N-ethyl adjacent to an activating group) is 1. The maximum Gasteiger partial charge on any atom is 0.230 e. The van der Waals surface area contributed by atoms with Crippen LogP contribution in [0.4, 0.5) is 10.2 Å². The van der Waals surface area contributed by atoms with Crippen LogP contribution in [0.5, 0.6) is 0 Å². The third-order valence-corrected chi connectivity index (χ3v) is 5.23. The number of pyridine rings is 1. The lowest BCUT2D eigenvalue weighted by molar-refractivity contribution is -0.118. The molecule has 0 radical (unpaired) electrons. The largest absolute Gasteiger partial charge is 0.369 e. The molecular formula is C25H27ClFN5O. The van der Waals surface area contributed by atoms with Gasteiger partial charge in [-0.3, -0.25) is 4.79 Å². The van der Waals surface area contributed by atoms with E-state index >= 15 is 4.39 Å². The number of carbonyl (C=O) groups is 1. The highest BCUT2D eigenvalue weighted by Gasteiger charge is 2.18. The maximum absolute atomic E-state index is 15.2. The highest BCUT2D eigenvalue weighted by Crippen LogP contribution is 2.20. The summed E-state index contributed by atoms with van der Waals surface area (Å²) in [6.45, 7) is 3.56. The fourth-order valence-corrected chi connectivity index (χ4v) is 3.34. The second-order valence-corrected chi connectivity index (χ2v) is 8.29. The number of aryl methyl sites for hydroxylation is 1. The first-order valence-corrected chi connectivity index (χ1v) is 10.9. The number of anilines is 1. The van der Waals surface area contributed by atoms with E-state index in [1.54, 1.807) is 24.3 Å². The van der Waals surface area contributed by atoms with E-state index in [1.165, 1.54) is 5.01 Å². The first kappa shape index (κ1) is 24.4. The number of amides is 1. The van der Waals surface area contributed by atoms with Gasteiger partial charge in [0.2, 0.25) is 12.4 Å². The normalized spacial score (nSPS) is 11.5. The molecule has 0 spiro atoms. The molecule has 0 bridgehead atoms. The minimum atomic E-state index is -0.663. The van der Waals surface area contributed by atoms with Crippen LogP contribution in [-0.4, -0.2) is 54.2 Å². The molecule has 6 nitrogen and oxygen atoms in total. The summed E-state index contributed by atoms with van der Waals surface area (Å²) in [4.78, 5) is 17.9. The van der Waals surface area contributed by atoms with Crippen molar-refractivity contribution in [2.24, 2.45) is 5.10 Å². The van der Waals surface area contributed by atoms with Gasteiger partial charge in [-0.05, 0) is 56.4 Å². The molecule has 1 heterocycles. The molecular weight excluding hydrogens is 441 g/mol. The van der Waals surface area contributed by atoms with E-state index in [9.17, 15) is 4.79 Å². The first-order chi connectivity index (χ1) is 15.9. The van der Waals surface area contributed by atoms with Crippen molar-refractivity contribution in [1.82, 2.24) is 14.9 Å². The van der Waals surface area contributed by atoms with Gasteiger partial charge in [-0.15, -0.1) is 0 Å². The number of halogens is 2. The Bertz CT molecular complexity index is 1120. The Morgan fingerprint density at radius 2 is 1.82 bits per heavy atom. The Morgan fingerprint density at radius 3 is 2.45 bits per heavy atom. The van der Waals surface area contributed by atoms with Crippen LogP contribution in [0.1, 0.15) is 22.3 Å². The van der Waals surface area contributed by atoms with Crippen molar-refractivity contribution >= 4 is 29.5 Å². The Kier molecular flexibility index (Phi) is 8.52. The van der Waals surface area contributed by atoms with Crippen LogP contribution in [0.25, 0.3) is 0 Å². The van der Waals surface area contributed by atoms with Crippen LogP contribution in [-0.2, 0) is 11.3 Å². The summed E-state index contributed by atoms with van der Waals surface area (Å²) in [5.74, 6) is -0.222. The van der Waals surface area contributed by atoms with Crippen LogP contribution in [0.15, 0.2) is 65.8 Å². The van der Waals surface area contributed by atoms with E-state index in [1.807, 2.05) is 62.3 Å². The summed E-state index contributed by atoms with van der Waals surface area (Å²) in [5, 5.41) is 9.49. The monoisotopic (exact) mass is 467 g/mol. The molecule has 0 saturated heterocycles. The van der Waals surface area contributed by atoms with Crippen LogP contribution in [0.2, 0.25) is 5.02 Å². The molecule has 1 N–H and O–H groups in total. The van der Waals surface area contributed by atoms with Gasteiger partial charge in [0.15, 0.2) is 0 Å². The van der Waals surface area contributed by atoms with Crippen LogP contribution in [0, 0.1) is 12.9 Å². The average molecular weight is 468 g/mol. The zero-order chi connectivity index (χ0) is 23.8. The molecule has 0 aliphatic carbocycles. The lowest BCUT2D eigenvalue weighted by Crippen LogP contribution is -2.22. The smallest absolute Gasteiger partial charge is 0.230 e. The number of nitrogens with zero attached hydrogens (tertiary/aromatic N) is 4. The molecule has 3 aromatic rings. The van der Waals surface area contributed by atoms with E-state index < -0.39 is 5.95 Å². The Balaban J connectivity index is 1.97. The minimum Gasteiger partial charge on any atom is -0.369 e. The summed E-state index contributed by atoms with van der Waals surface area (Å²) in [7, 11) is 3.93. The lowest BCUT2D eigenvalue weighted by atomic mass is 9.99. The Morgan fingerprint density at radius 1 is 1.09 bits per heavy atom. The van der Waals surface area contributed by atoms with E-state index in [4.69, 9.17) is 11.6 Å². The van der Waals surface area contributed by atoms with Gasteiger partial charge in [0, 0.05) is 23.7 Å². The minimum absolute atomic E-state index is 0.213. The second kappa shape index (κ2) is 11.5. The van der Waals surface area contributed by atoms with Gasteiger partial charge in [0.05, 0.1) is 12.1 Å². The summed E-state index contributed by atoms with van der Waals surface area (Å²) in [6.07, 6.45) is 0.620. The van der Waals surface area contributed by atoms with E-state index in [0.29, 0.717) is 29.5 Å². The highest BCUT2D eigenvalue weighted by molar-refractivity contribution is 6.30. The van der Waals surface area contributed by atoms with Crippen molar-refractivity contribution < 1.29 is 9.18 Å². The zero-order valence-electron chi connectivity index (χ0n) is 18.9. The molecule has 0 fully saturated rings. The molecule has 0 aliphatic heterocycles. The summed E-state index contributed by atoms with van der Waals surface area (Å²) in [5.41, 5.74) is 3.01. The van der Waals surface area contributed by atoms with Crippen LogP contribution in [0.3, 0.4) is 0 Å². The molecule has 0 atom stereocenters. The van der Waals surface area contributed by atoms with Crippen molar-refractivity contribution in [2.75, 3.05) is 32.5 Å². The molecule has 33 heavy (non-hydrogen) atoms. The van der Waals surface area contributed by atoms with Gasteiger partial charge in [-0.2, -0.15) is 9.49 Å². The van der Waals surface area contributed by atoms with Crippen molar-refractivity contribution in [3.8, 4) is 0 Å². The SMILES string of the molecule is Cc1ccccc1/C(=N\N(C=O)Cc1ccc(Cl)cc1)c1ccc(NCCN(C)C)nc1F. The third-order valence-electron chi connectivity index (χ3n) is 4.98. The van der Waals surface area contributed by atoms with E-state index in [-0.39, 0.29) is 12.1 Å². The van der Waals surface area contributed by atoms with Crippen LogP contribution < -0.4 is 5.32 Å². The number of benzene rings is 2. The molecule has 1 aromatic heterocycles. The number of nitrogens with one attached hydrogen (secondary N) is 1. The average Bonchev–Trinajstić information content (AvgIpc) is 2.79. The fourth-order valence-electron chi connectivity index (χ4n) is 3.21. The molecule has 8 heteroatoms. The van der Waals surface area contributed by atoms with Gasteiger partial charge >= 0.3 is 0 Å². The van der Waals surface area contributed by atoms with Crippen molar-refractivity contribution in [1.29, 1.82) is 0 Å². The topological polar surface area (TPSA) is 60.8 Å². The molecule has 2 aromatic carbocycles. The van der Waals surface area contributed by atoms with Gasteiger partial charge < -0.3 is 10.2 Å². The fraction of sp³-hybridized carbons (Fsp3) is 0.240. The van der Waals surface area contributed by atoms with E-state index in [2.05, 4.69) is 15.4 Å². The number of carbonyl (C=O) groups excluding carboxylic acids is 1. The molecule has 0 saturated carbocycles. The molecule has 1 amide bonds. The summed E-state index contributed by atoms with van der Waals surface area (Å²) >= 11 is 5.95. The molecule has 0 unspecified atom stereocenters. The van der Waals surface area contributed by atoms with Crippen molar-refractivity contribution in [3.05, 3.63) is 93.9 Å². The number of hydrazone groups is 1. The van der Waals surface area contributed by atoms with Crippen LogP contribution >= 0.6 is 11.6 Å². The standard InChI is InChI=1S/C25H27ClFN5O/c1-18-6-4-5-7-21(18)24(30-32(17-33)16-19-8-10-20(26)11-9-19)22-12-13-23(29-25(22)27)28-14-15-31(2)3/h4-13,17H,14-16H2,1-3H3,(H,28,29)/b30-24+. The maximum atomic E-state index is 15.2. The predicted molar refractivity (Wildman–Crippen MR) is 131 cm³/mol. The van der Waals surface area contributed by atoms with Gasteiger partial charge in [-0.25, -0.2) is 9.99 Å². The molecule has 3 rings (SSSR count). The number of aromatic nitrogens is 1. The van der Waals surface area contributed by atoms with Gasteiger partial charge in [-0.1, -0.05) is 48.0 Å².